The van der Waals surface area contributed by atoms with Gasteiger partial charge in [0.05, 0.1) is 0 Å². The van der Waals surface area contributed by atoms with Crippen LogP contribution in [0.2, 0.25) is 0 Å². The molecule has 0 fully saturated rings. The molecular formula is C11H13F2NO. The van der Waals surface area contributed by atoms with Crippen molar-refractivity contribution in [2.24, 2.45) is 0 Å². The topological polar surface area (TPSA) is 20.3 Å². The third kappa shape index (κ3) is 2.75. The number of nitrogens with zero attached hydrogens (tertiary/aromatic N) is 1. The monoisotopic (exact) mass is 213 g/mol. The van der Waals surface area contributed by atoms with Crippen molar-refractivity contribution in [2.75, 3.05) is 14.1 Å². The van der Waals surface area contributed by atoms with E-state index in [1.54, 1.807) is 18.2 Å². The van der Waals surface area contributed by atoms with Gasteiger partial charge in [-0.05, 0) is 5.56 Å². The molecule has 1 atom stereocenters. The molecule has 0 heterocycles. The molecule has 15 heavy (non-hydrogen) atoms. The van der Waals surface area contributed by atoms with Crippen LogP contribution in [0.5, 0.6) is 0 Å². The Kier molecular flexibility index (Phi) is 3.77. The Balaban J connectivity index is 2.99. The van der Waals surface area contributed by atoms with Crippen LogP contribution in [0.1, 0.15) is 11.5 Å². The second-order valence-corrected chi connectivity index (χ2v) is 3.46. The summed E-state index contributed by atoms with van der Waals surface area (Å²) in [7, 11) is 2.95. The van der Waals surface area contributed by atoms with Crippen LogP contribution >= 0.6 is 0 Å². The molecule has 0 aliphatic heterocycles. The fraction of sp³-hybridized carbons (Fsp3) is 0.364. The smallest absolute Gasteiger partial charge is 0.254 e. The summed E-state index contributed by atoms with van der Waals surface area (Å²) in [6.45, 7) is 0. The maximum atomic E-state index is 12.7. The van der Waals surface area contributed by atoms with Crippen LogP contribution in [0.4, 0.5) is 8.78 Å². The van der Waals surface area contributed by atoms with Crippen LogP contribution in [0, 0.1) is 0 Å². The van der Waals surface area contributed by atoms with Gasteiger partial charge in [0.25, 0.3) is 6.43 Å². The van der Waals surface area contributed by atoms with E-state index in [-0.39, 0.29) is 0 Å². The summed E-state index contributed by atoms with van der Waals surface area (Å²) in [5, 5.41) is 0. The lowest BCUT2D eigenvalue weighted by Gasteiger charge is -2.19. The summed E-state index contributed by atoms with van der Waals surface area (Å²) in [5.74, 6) is -1.93. The van der Waals surface area contributed by atoms with Crippen LogP contribution in [0.15, 0.2) is 30.3 Å². The standard InChI is InChI=1S/C11H13F2NO/c1-14(2)11(15)9(10(12)13)8-6-4-3-5-7-8/h3-7,9-10H,1-2H3/t9-/m1/s1. The average molecular weight is 213 g/mol. The third-order valence-electron chi connectivity index (χ3n) is 2.12. The maximum Gasteiger partial charge on any atom is 0.254 e. The van der Waals surface area contributed by atoms with Gasteiger partial charge < -0.3 is 4.90 Å². The molecule has 1 rings (SSSR count). The van der Waals surface area contributed by atoms with Gasteiger partial charge in [0.1, 0.15) is 5.92 Å². The Morgan fingerprint density at radius 1 is 1.20 bits per heavy atom. The predicted molar refractivity (Wildman–Crippen MR) is 53.9 cm³/mol. The van der Waals surface area contributed by atoms with Gasteiger partial charge in [0.2, 0.25) is 5.91 Å². The van der Waals surface area contributed by atoms with E-state index in [1.165, 1.54) is 31.1 Å². The highest BCUT2D eigenvalue weighted by molar-refractivity contribution is 5.83. The van der Waals surface area contributed by atoms with E-state index in [0.717, 1.165) is 0 Å². The highest BCUT2D eigenvalue weighted by Crippen LogP contribution is 2.24. The molecule has 4 heteroatoms. The van der Waals surface area contributed by atoms with Crippen molar-refractivity contribution < 1.29 is 13.6 Å². The zero-order chi connectivity index (χ0) is 11.4. The van der Waals surface area contributed by atoms with E-state index in [0.29, 0.717) is 5.56 Å². The van der Waals surface area contributed by atoms with Gasteiger partial charge in [-0.3, -0.25) is 4.79 Å². The first kappa shape index (κ1) is 11.6. The van der Waals surface area contributed by atoms with Crippen molar-refractivity contribution in [3.63, 3.8) is 0 Å². The van der Waals surface area contributed by atoms with Crippen LogP contribution in [-0.4, -0.2) is 31.3 Å². The number of halogens is 2. The van der Waals surface area contributed by atoms with Crippen LogP contribution in [0.25, 0.3) is 0 Å². The average Bonchev–Trinajstić information content (AvgIpc) is 2.18. The third-order valence-corrected chi connectivity index (χ3v) is 2.12. The largest absolute Gasteiger partial charge is 0.348 e. The summed E-state index contributed by atoms with van der Waals surface area (Å²) >= 11 is 0. The number of carbonyl (C=O) groups is 1. The van der Waals surface area contributed by atoms with Gasteiger partial charge in [0, 0.05) is 14.1 Å². The summed E-state index contributed by atoms with van der Waals surface area (Å²) in [4.78, 5) is 12.7. The minimum Gasteiger partial charge on any atom is -0.348 e. The molecule has 0 bridgehead atoms. The second kappa shape index (κ2) is 4.87. The van der Waals surface area contributed by atoms with Gasteiger partial charge in [0.15, 0.2) is 0 Å². The van der Waals surface area contributed by atoms with E-state index in [9.17, 15) is 13.6 Å². The first-order valence-corrected chi connectivity index (χ1v) is 4.58. The van der Waals surface area contributed by atoms with Gasteiger partial charge >= 0.3 is 0 Å². The highest BCUT2D eigenvalue weighted by Gasteiger charge is 2.30. The Labute approximate surface area is 87.5 Å². The first-order chi connectivity index (χ1) is 7.04. The van der Waals surface area contributed by atoms with Gasteiger partial charge in [-0.15, -0.1) is 0 Å². The van der Waals surface area contributed by atoms with Crippen molar-refractivity contribution in [3.8, 4) is 0 Å². The van der Waals surface area contributed by atoms with E-state index in [2.05, 4.69) is 0 Å². The normalized spacial score (nSPS) is 12.6. The quantitative estimate of drug-likeness (QED) is 0.753. The first-order valence-electron chi connectivity index (χ1n) is 4.58. The molecule has 0 N–H and O–H groups in total. The number of rotatable bonds is 3. The van der Waals surface area contributed by atoms with Crippen LogP contribution < -0.4 is 0 Å². The Hall–Kier alpha value is -1.45. The van der Waals surface area contributed by atoms with Crippen molar-refractivity contribution in [2.45, 2.75) is 12.3 Å². The minimum absolute atomic E-state index is 0.353. The fourth-order valence-corrected chi connectivity index (χ4v) is 1.33. The molecule has 82 valence electrons. The zero-order valence-electron chi connectivity index (χ0n) is 8.65. The SMILES string of the molecule is CN(C)C(=O)[C@H](c1ccccc1)C(F)F. The van der Waals surface area contributed by atoms with E-state index in [4.69, 9.17) is 0 Å². The molecule has 1 aromatic rings. The second-order valence-electron chi connectivity index (χ2n) is 3.46. The predicted octanol–water partition coefficient (Wildman–Crippen LogP) is 2.12. The lowest BCUT2D eigenvalue weighted by Crippen LogP contribution is -2.32. The van der Waals surface area contributed by atoms with Crippen molar-refractivity contribution in [1.29, 1.82) is 0 Å². The molecule has 0 unspecified atom stereocenters. The molecule has 0 saturated heterocycles. The van der Waals surface area contributed by atoms with Crippen LogP contribution in [-0.2, 0) is 4.79 Å². The van der Waals surface area contributed by atoms with E-state index < -0.39 is 18.3 Å². The lowest BCUT2D eigenvalue weighted by molar-refractivity contribution is -0.133. The minimum atomic E-state index is -2.68. The molecule has 0 radical (unpaired) electrons. The summed E-state index contributed by atoms with van der Waals surface area (Å²) < 4.78 is 25.5. The number of hydrogen-bond acceptors (Lipinski definition) is 1. The Morgan fingerprint density at radius 2 is 1.73 bits per heavy atom. The number of carbonyl (C=O) groups excluding carboxylic acids is 1. The van der Waals surface area contributed by atoms with Gasteiger partial charge in [-0.25, -0.2) is 8.78 Å². The molecule has 2 nitrogen and oxygen atoms in total. The van der Waals surface area contributed by atoms with E-state index in [1.807, 2.05) is 0 Å². The number of hydrogen-bond donors (Lipinski definition) is 0. The number of benzene rings is 1. The number of alkyl halides is 2. The van der Waals surface area contributed by atoms with Crippen molar-refractivity contribution in [3.05, 3.63) is 35.9 Å². The van der Waals surface area contributed by atoms with Crippen molar-refractivity contribution in [1.82, 2.24) is 4.90 Å². The molecule has 1 amide bonds. The maximum absolute atomic E-state index is 12.7. The summed E-state index contributed by atoms with van der Waals surface area (Å²) in [6.07, 6.45) is -2.68. The Bertz CT molecular complexity index is 325. The van der Waals surface area contributed by atoms with Gasteiger partial charge in [-0.2, -0.15) is 0 Å². The molecule has 0 saturated carbocycles. The number of likely N-dealkylation sites (N-methyl/N-ethyl adjacent to an activating group) is 1. The Morgan fingerprint density at radius 3 is 2.13 bits per heavy atom. The van der Waals surface area contributed by atoms with E-state index >= 15 is 0 Å². The molecule has 0 aliphatic carbocycles. The molecule has 0 spiro atoms. The molecule has 0 aromatic heterocycles. The lowest BCUT2D eigenvalue weighted by atomic mass is 9.98. The molecule has 1 aromatic carbocycles. The summed E-state index contributed by atoms with van der Waals surface area (Å²) in [6, 6.07) is 8.10. The number of amides is 1. The van der Waals surface area contributed by atoms with Gasteiger partial charge in [-0.1, -0.05) is 30.3 Å². The van der Waals surface area contributed by atoms with Crippen molar-refractivity contribution >= 4 is 5.91 Å². The molecular weight excluding hydrogens is 200 g/mol. The zero-order valence-corrected chi connectivity index (χ0v) is 8.65. The van der Waals surface area contributed by atoms with Crippen LogP contribution in [0.3, 0.4) is 0 Å². The fourth-order valence-electron chi connectivity index (χ4n) is 1.33. The highest BCUT2D eigenvalue weighted by atomic mass is 19.3. The summed E-state index contributed by atoms with van der Waals surface area (Å²) in [5.41, 5.74) is 0.353. The molecule has 0 aliphatic rings.